The van der Waals surface area contributed by atoms with E-state index in [-0.39, 0.29) is 19.3 Å². The van der Waals surface area contributed by atoms with E-state index >= 15 is 0 Å². The van der Waals surface area contributed by atoms with Crippen molar-refractivity contribution in [1.29, 1.82) is 0 Å². The molecule has 14 heavy (non-hydrogen) atoms. The Morgan fingerprint density at radius 3 is 2.86 bits per heavy atom. The summed E-state index contributed by atoms with van der Waals surface area (Å²) >= 11 is 0. The van der Waals surface area contributed by atoms with Crippen molar-refractivity contribution in [3.63, 3.8) is 0 Å². The standard InChI is InChI=1S/C10H18O4/c1-3-7-13-9(5-6-11)8-14-10(12)4-2/h4,9,11H,2-3,5-8H2,1H3. The van der Waals surface area contributed by atoms with Gasteiger partial charge in [-0.1, -0.05) is 13.5 Å². The third-order valence-corrected chi connectivity index (χ3v) is 1.59. The lowest BCUT2D eigenvalue weighted by atomic mass is 10.3. The van der Waals surface area contributed by atoms with Gasteiger partial charge in [-0.2, -0.15) is 0 Å². The summed E-state index contributed by atoms with van der Waals surface area (Å²) in [4.78, 5) is 10.7. The number of hydrogen-bond acceptors (Lipinski definition) is 4. The van der Waals surface area contributed by atoms with Crippen molar-refractivity contribution < 1.29 is 19.4 Å². The van der Waals surface area contributed by atoms with Crippen LogP contribution in [0.3, 0.4) is 0 Å². The lowest BCUT2D eigenvalue weighted by molar-refractivity contribution is -0.142. The molecular weight excluding hydrogens is 184 g/mol. The molecule has 82 valence electrons. The summed E-state index contributed by atoms with van der Waals surface area (Å²) in [6.07, 6.45) is 2.27. The molecule has 0 aliphatic heterocycles. The molecule has 0 aliphatic carbocycles. The number of hydrogen-bond donors (Lipinski definition) is 1. The first-order valence-corrected chi connectivity index (χ1v) is 4.76. The molecule has 4 heteroatoms. The van der Waals surface area contributed by atoms with Crippen LogP contribution in [0.4, 0.5) is 0 Å². The Bertz CT molecular complexity index is 168. The molecule has 0 fully saturated rings. The van der Waals surface area contributed by atoms with Crippen LogP contribution in [0.1, 0.15) is 19.8 Å². The van der Waals surface area contributed by atoms with Gasteiger partial charge in [0.1, 0.15) is 6.61 Å². The van der Waals surface area contributed by atoms with E-state index in [1.165, 1.54) is 0 Å². The van der Waals surface area contributed by atoms with E-state index in [1.54, 1.807) is 0 Å². The summed E-state index contributed by atoms with van der Waals surface area (Å²) in [5.74, 6) is -0.465. The molecule has 0 aliphatic rings. The lowest BCUT2D eigenvalue weighted by Gasteiger charge is -2.15. The van der Waals surface area contributed by atoms with Gasteiger partial charge in [0.2, 0.25) is 0 Å². The summed E-state index contributed by atoms with van der Waals surface area (Å²) in [5, 5.41) is 8.72. The average Bonchev–Trinajstić information content (AvgIpc) is 2.21. The Morgan fingerprint density at radius 2 is 2.36 bits per heavy atom. The molecule has 1 N–H and O–H groups in total. The molecule has 0 rings (SSSR count). The monoisotopic (exact) mass is 202 g/mol. The quantitative estimate of drug-likeness (QED) is 0.469. The van der Waals surface area contributed by atoms with Gasteiger partial charge in [-0.05, 0) is 12.8 Å². The van der Waals surface area contributed by atoms with E-state index < -0.39 is 5.97 Å². The third-order valence-electron chi connectivity index (χ3n) is 1.59. The number of esters is 1. The molecule has 0 amide bonds. The highest BCUT2D eigenvalue weighted by molar-refractivity contribution is 5.81. The van der Waals surface area contributed by atoms with Crippen molar-refractivity contribution in [3.05, 3.63) is 12.7 Å². The van der Waals surface area contributed by atoms with Crippen LogP contribution in [0.5, 0.6) is 0 Å². The van der Waals surface area contributed by atoms with Crippen LogP contribution < -0.4 is 0 Å². The van der Waals surface area contributed by atoms with Gasteiger partial charge in [0, 0.05) is 19.3 Å². The van der Waals surface area contributed by atoms with Gasteiger partial charge in [0.05, 0.1) is 6.10 Å². The molecule has 0 saturated carbocycles. The van der Waals surface area contributed by atoms with Gasteiger partial charge in [0.25, 0.3) is 0 Å². The minimum atomic E-state index is -0.465. The summed E-state index contributed by atoms with van der Waals surface area (Å²) in [6.45, 7) is 6.08. The van der Waals surface area contributed by atoms with Gasteiger partial charge in [-0.15, -0.1) is 0 Å². The van der Waals surface area contributed by atoms with Crippen molar-refractivity contribution in [2.75, 3.05) is 19.8 Å². The highest BCUT2D eigenvalue weighted by atomic mass is 16.6. The fourth-order valence-electron chi connectivity index (χ4n) is 0.877. The smallest absolute Gasteiger partial charge is 0.330 e. The van der Waals surface area contributed by atoms with Crippen LogP contribution in [0.15, 0.2) is 12.7 Å². The Labute approximate surface area is 84.5 Å². The van der Waals surface area contributed by atoms with Gasteiger partial charge < -0.3 is 14.6 Å². The van der Waals surface area contributed by atoms with Gasteiger partial charge in [-0.3, -0.25) is 0 Å². The SMILES string of the molecule is C=CC(=O)OCC(CCO)OCCC. The van der Waals surface area contributed by atoms with Crippen molar-refractivity contribution >= 4 is 5.97 Å². The minimum absolute atomic E-state index is 0.0278. The molecule has 0 aromatic heterocycles. The van der Waals surface area contributed by atoms with Crippen molar-refractivity contribution in [2.24, 2.45) is 0 Å². The summed E-state index contributed by atoms with van der Waals surface area (Å²) < 4.78 is 10.2. The van der Waals surface area contributed by atoms with Crippen LogP contribution in [-0.2, 0) is 14.3 Å². The first kappa shape index (κ1) is 13.1. The maximum Gasteiger partial charge on any atom is 0.330 e. The molecule has 0 spiro atoms. The summed E-state index contributed by atoms with van der Waals surface area (Å²) in [6, 6.07) is 0. The zero-order valence-corrected chi connectivity index (χ0v) is 8.57. The van der Waals surface area contributed by atoms with E-state index in [0.29, 0.717) is 13.0 Å². The van der Waals surface area contributed by atoms with Gasteiger partial charge in [0.15, 0.2) is 0 Å². The third kappa shape index (κ3) is 6.62. The number of aliphatic hydroxyl groups excluding tert-OH is 1. The summed E-state index contributed by atoms with van der Waals surface area (Å²) in [7, 11) is 0. The Hall–Kier alpha value is -0.870. The maximum atomic E-state index is 10.7. The minimum Gasteiger partial charge on any atom is -0.460 e. The average molecular weight is 202 g/mol. The molecule has 0 aromatic carbocycles. The lowest BCUT2D eigenvalue weighted by Crippen LogP contribution is -2.23. The fraction of sp³-hybridized carbons (Fsp3) is 0.700. The predicted octanol–water partition coefficient (Wildman–Crippen LogP) is 0.893. The Morgan fingerprint density at radius 1 is 1.64 bits per heavy atom. The molecular formula is C10H18O4. The Balaban J connectivity index is 3.71. The molecule has 4 nitrogen and oxygen atoms in total. The van der Waals surface area contributed by atoms with Gasteiger partial charge in [-0.25, -0.2) is 4.79 Å². The topological polar surface area (TPSA) is 55.8 Å². The Kier molecular flexibility index (Phi) is 8.17. The van der Waals surface area contributed by atoms with Gasteiger partial charge >= 0.3 is 5.97 Å². The first-order chi connectivity index (χ1) is 6.74. The number of ether oxygens (including phenoxy) is 2. The fourth-order valence-corrected chi connectivity index (χ4v) is 0.877. The van der Waals surface area contributed by atoms with E-state index in [1.807, 2.05) is 6.92 Å². The largest absolute Gasteiger partial charge is 0.460 e. The molecule has 0 bridgehead atoms. The van der Waals surface area contributed by atoms with Crippen LogP contribution >= 0.6 is 0 Å². The van der Waals surface area contributed by atoms with Crippen LogP contribution in [-0.4, -0.2) is 37.0 Å². The molecule has 0 aromatic rings. The number of aliphatic hydroxyl groups is 1. The van der Waals surface area contributed by atoms with Crippen LogP contribution in [0.2, 0.25) is 0 Å². The molecule has 1 atom stereocenters. The molecule has 0 heterocycles. The normalized spacial score (nSPS) is 12.1. The van der Waals surface area contributed by atoms with E-state index in [0.717, 1.165) is 12.5 Å². The molecule has 0 saturated heterocycles. The van der Waals surface area contributed by atoms with E-state index in [9.17, 15) is 4.79 Å². The molecule has 1 unspecified atom stereocenters. The second-order valence-electron chi connectivity index (χ2n) is 2.84. The number of carbonyl (C=O) groups is 1. The second-order valence-corrected chi connectivity index (χ2v) is 2.84. The van der Waals surface area contributed by atoms with Crippen LogP contribution in [0, 0.1) is 0 Å². The highest BCUT2D eigenvalue weighted by Gasteiger charge is 2.10. The zero-order valence-electron chi connectivity index (χ0n) is 8.57. The van der Waals surface area contributed by atoms with Crippen molar-refractivity contribution in [1.82, 2.24) is 0 Å². The number of carbonyl (C=O) groups excluding carboxylic acids is 1. The summed E-state index contributed by atoms with van der Waals surface area (Å²) in [5.41, 5.74) is 0. The number of rotatable bonds is 8. The van der Waals surface area contributed by atoms with E-state index in [2.05, 4.69) is 6.58 Å². The highest BCUT2D eigenvalue weighted by Crippen LogP contribution is 2.00. The van der Waals surface area contributed by atoms with Crippen molar-refractivity contribution in [3.8, 4) is 0 Å². The zero-order chi connectivity index (χ0) is 10.8. The second kappa shape index (κ2) is 8.72. The van der Waals surface area contributed by atoms with Crippen molar-refractivity contribution in [2.45, 2.75) is 25.9 Å². The first-order valence-electron chi connectivity index (χ1n) is 4.76. The maximum absolute atomic E-state index is 10.7. The van der Waals surface area contributed by atoms with E-state index in [4.69, 9.17) is 14.6 Å². The molecule has 0 radical (unpaired) electrons. The predicted molar refractivity (Wildman–Crippen MR) is 52.9 cm³/mol. The van der Waals surface area contributed by atoms with Crippen LogP contribution in [0.25, 0.3) is 0 Å².